The molecule has 0 N–H and O–H groups in total. The SMILES string of the molecule is COc1cc(OC)c(C(C)=NSC(C)(C)C)cc1Br. The number of ether oxygens (including phenoxy) is 2. The van der Waals surface area contributed by atoms with Crippen LogP contribution in [0, 0.1) is 0 Å². The third kappa shape index (κ3) is 4.73. The maximum absolute atomic E-state index is 5.40. The van der Waals surface area contributed by atoms with Crippen molar-refractivity contribution in [2.45, 2.75) is 32.4 Å². The van der Waals surface area contributed by atoms with Gasteiger partial charge in [-0.05, 0) is 61.6 Å². The Labute approximate surface area is 128 Å². The Morgan fingerprint density at radius 1 is 1.16 bits per heavy atom. The second-order valence-electron chi connectivity index (χ2n) is 5.07. The number of methoxy groups -OCH3 is 2. The highest BCUT2D eigenvalue weighted by atomic mass is 79.9. The molecule has 0 saturated carbocycles. The number of benzene rings is 1. The fourth-order valence-electron chi connectivity index (χ4n) is 1.40. The van der Waals surface area contributed by atoms with Crippen LogP contribution in [0.1, 0.15) is 33.3 Å². The van der Waals surface area contributed by atoms with E-state index in [9.17, 15) is 0 Å². The Morgan fingerprint density at radius 2 is 1.74 bits per heavy atom. The van der Waals surface area contributed by atoms with Crippen molar-refractivity contribution in [2.24, 2.45) is 4.40 Å². The molecule has 0 aliphatic rings. The van der Waals surface area contributed by atoms with Gasteiger partial charge in [-0.25, -0.2) is 4.40 Å². The summed E-state index contributed by atoms with van der Waals surface area (Å²) >= 11 is 5.04. The lowest BCUT2D eigenvalue weighted by Crippen LogP contribution is -2.07. The van der Waals surface area contributed by atoms with Gasteiger partial charge in [0, 0.05) is 16.4 Å². The Morgan fingerprint density at radius 3 is 2.21 bits per heavy atom. The highest BCUT2D eigenvalue weighted by Gasteiger charge is 2.14. The molecule has 0 radical (unpaired) electrons. The van der Waals surface area contributed by atoms with Crippen LogP contribution in [0.5, 0.6) is 11.5 Å². The highest BCUT2D eigenvalue weighted by Crippen LogP contribution is 2.34. The number of hydrogen-bond donors (Lipinski definition) is 0. The monoisotopic (exact) mass is 345 g/mol. The summed E-state index contributed by atoms with van der Waals surface area (Å²) in [4.78, 5) is 0. The molecule has 0 saturated heterocycles. The molecule has 1 rings (SSSR count). The van der Waals surface area contributed by atoms with Gasteiger partial charge < -0.3 is 9.47 Å². The van der Waals surface area contributed by atoms with Crippen LogP contribution in [0.3, 0.4) is 0 Å². The molecule has 0 unspecified atom stereocenters. The van der Waals surface area contributed by atoms with Crippen LogP contribution >= 0.6 is 27.9 Å². The van der Waals surface area contributed by atoms with E-state index in [1.807, 2.05) is 19.1 Å². The predicted octanol–water partition coefficient (Wildman–Crippen LogP) is 4.72. The highest BCUT2D eigenvalue weighted by molar-refractivity contribution is 9.10. The van der Waals surface area contributed by atoms with Gasteiger partial charge in [-0.2, -0.15) is 0 Å². The van der Waals surface area contributed by atoms with Crippen molar-refractivity contribution in [1.29, 1.82) is 0 Å². The second-order valence-corrected chi connectivity index (χ2v) is 7.51. The summed E-state index contributed by atoms with van der Waals surface area (Å²) in [5.74, 6) is 1.51. The van der Waals surface area contributed by atoms with Crippen molar-refractivity contribution in [3.63, 3.8) is 0 Å². The Hall–Kier alpha value is -0.680. The summed E-state index contributed by atoms with van der Waals surface area (Å²) in [6.45, 7) is 8.39. The minimum absolute atomic E-state index is 0.0954. The van der Waals surface area contributed by atoms with Gasteiger partial charge in [0.05, 0.1) is 24.4 Å². The first-order chi connectivity index (χ1) is 8.78. The van der Waals surface area contributed by atoms with Crippen molar-refractivity contribution < 1.29 is 9.47 Å². The zero-order chi connectivity index (χ0) is 14.6. The zero-order valence-corrected chi connectivity index (χ0v) is 14.6. The molecule has 3 nitrogen and oxygen atoms in total. The van der Waals surface area contributed by atoms with E-state index in [4.69, 9.17) is 9.47 Å². The molecule has 106 valence electrons. The molecular weight excluding hydrogens is 326 g/mol. The molecule has 19 heavy (non-hydrogen) atoms. The van der Waals surface area contributed by atoms with E-state index < -0.39 is 0 Å². The van der Waals surface area contributed by atoms with Gasteiger partial charge in [-0.15, -0.1) is 0 Å². The molecule has 0 aliphatic heterocycles. The lowest BCUT2D eigenvalue weighted by atomic mass is 10.1. The molecule has 0 aromatic heterocycles. The molecule has 0 fully saturated rings. The van der Waals surface area contributed by atoms with Crippen molar-refractivity contribution in [2.75, 3.05) is 14.2 Å². The second kappa shape index (κ2) is 6.66. The van der Waals surface area contributed by atoms with E-state index in [0.29, 0.717) is 0 Å². The first-order valence-electron chi connectivity index (χ1n) is 5.93. The maximum atomic E-state index is 5.40. The molecule has 0 heterocycles. The lowest BCUT2D eigenvalue weighted by Gasteiger charge is -2.15. The van der Waals surface area contributed by atoms with Gasteiger partial charge in [0.15, 0.2) is 0 Å². The van der Waals surface area contributed by atoms with E-state index in [1.54, 1.807) is 26.2 Å². The van der Waals surface area contributed by atoms with Gasteiger partial charge in [0.1, 0.15) is 11.5 Å². The average molecular weight is 346 g/mol. The largest absolute Gasteiger partial charge is 0.496 e. The van der Waals surface area contributed by atoms with Crippen molar-refractivity contribution in [1.82, 2.24) is 0 Å². The van der Waals surface area contributed by atoms with Crippen molar-refractivity contribution >= 4 is 33.6 Å². The molecule has 0 atom stereocenters. The normalized spacial score (nSPS) is 12.5. The molecule has 0 amide bonds. The van der Waals surface area contributed by atoms with Crippen LogP contribution in [0.15, 0.2) is 21.0 Å². The van der Waals surface area contributed by atoms with E-state index >= 15 is 0 Å². The summed E-state index contributed by atoms with van der Waals surface area (Å²) in [6, 6.07) is 3.83. The topological polar surface area (TPSA) is 30.8 Å². The van der Waals surface area contributed by atoms with Gasteiger partial charge in [-0.3, -0.25) is 0 Å². The lowest BCUT2D eigenvalue weighted by molar-refractivity contribution is 0.392. The Bertz CT molecular complexity index is 481. The van der Waals surface area contributed by atoms with Gasteiger partial charge in [0.25, 0.3) is 0 Å². The number of hydrogen-bond acceptors (Lipinski definition) is 4. The molecule has 1 aromatic carbocycles. The summed E-state index contributed by atoms with van der Waals surface area (Å²) in [6.07, 6.45) is 0. The van der Waals surface area contributed by atoms with Crippen LogP contribution in [-0.4, -0.2) is 24.7 Å². The first kappa shape index (κ1) is 16.4. The van der Waals surface area contributed by atoms with Gasteiger partial charge in [0.2, 0.25) is 0 Å². The first-order valence-corrected chi connectivity index (χ1v) is 7.50. The summed E-state index contributed by atoms with van der Waals surface area (Å²) < 4.78 is 16.2. The van der Waals surface area contributed by atoms with E-state index in [1.165, 1.54) is 0 Å². The third-order valence-corrected chi connectivity index (χ3v) is 3.85. The minimum atomic E-state index is 0.0954. The average Bonchev–Trinajstić information content (AvgIpc) is 2.34. The van der Waals surface area contributed by atoms with Crippen LogP contribution in [-0.2, 0) is 0 Å². The van der Waals surface area contributed by atoms with Gasteiger partial charge >= 0.3 is 0 Å². The van der Waals surface area contributed by atoms with Crippen molar-refractivity contribution in [3.8, 4) is 11.5 Å². The molecular formula is C14H20BrNO2S. The maximum Gasteiger partial charge on any atom is 0.136 e. The van der Waals surface area contributed by atoms with E-state index in [0.717, 1.165) is 27.2 Å². The number of halogens is 1. The van der Waals surface area contributed by atoms with E-state index in [-0.39, 0.29) is 4.75 Å². The van der Waals surface area contributed by atoms with E-state index in [2.05, 4.69) is 41.1 Å². The molecule has 0 aliphatic carbocycles. The quantitative estimate of drug-likeness (QED) is 0.584. The Balaban J connectivity index is 3.15. The van der Waals surface area contributed by atoms with Crippen LogP contribution < -0.4 is 9.47 Å². The Kier molecular flexibility index (Phi) is 5.74. The molecule has 5 heteroatoms. The van der Waals surface area contributed by atoms with Crippen LogP contribution in [0.2, 0.25) is 0 Å². The van der Waals surface area contributed by atoms with Gasteiger partial charge in [-0.1, -0.05) is 0 Å². The zero-order valence-electron chi connectivity index (χ0n) is 12.2. The summed E-state index contributed by atoms with van der Waals surface area (Å²) in [7, 11) is 3.28. The standard InChI is InChI=1S/C14H20BrNO2S/c1-9(16-19-14(2,3)4)10-7-11(15)13(18-6)8-12(10)17-5/h7-8H,1-6H3. The smallest absolute Gasteiger partial charge is 0.136 e. The fourth-order valence-corrected chi connectivity index (χ4v) is 2.41. The fraction of sp³-hybridized carbons (Fsp3) is 0.500. The predicted molar refractivity (Wildman–Crippen MR) is 86.8 cm³/mol. The summed E-state index contributed by atoms with van der Waals surface area (Å²) in [5.41, 5.74) is 1.90. The number of rotatable bonds is 4. The van der Waals surface area contributed by atoms with Crippen LogP contribution in [0.4, 0.5) is 0 Å². The molecule has 0 bridgehead atoms. The third-order valence-electron chi connectivity index (χ3n) is 2.32. The number of nitrogens with zero attached hydrogens (tertiary/aromatic N) is 1. The van der Waals surface area contributed by atoms with Crippen molar-refractivity contribution in [3.05, 3.63) is 22.2 Å². The molecule has 1 aromatic rings. The summed E-state index contributed by atoms with van der Waals surface area (Å²) in [5, 5.41) is 0. The minimum Gasteiger partial charge on any atom is -0.496 e. The van der Waals surface area contributed by atoms with Crippen LogP contribution in [0.25, 0.3) is 0 Å². The molecule has 0 spiro atoms.